The lowest BCUT2D eigenvalue weighted by molar-refractivity contribution is 0.669. The third-order valence-corrected chi connectivity index (χ3v) is 11.2. The third-order valence-electron chi connectivity index (χ3n) is 8.40. The molecule has 0 spiro atoms. The van der Waals surface area contributed by atoms with E-state index in [1.165, 1.54) is 40.3 Å². The van der Waals surface area contributed by atoms with Crippen LogP contribution in [0.15, 0.2) is 155 Å². The summed E-state index contributed by atoms with van der Waals surface area (Å²) >= 11 is 7.57. The summed E-state index contributed by atoms with van der Waals surface area (Å²) in [5.41, 5.74) is 5.19. The van der Waals surface area contributed by atoms with Gasteiger partial charge in [0.15, 0.2) is 0 Å². The Balaban J connectivity index is 0.000000497. The van der Waals surface area contributed by atoms with Gasteiger partial charge in [0.25, 0.3) is 0 Å². The Morgan fingerprint density at radius 1 is 0.532 bits per heavy atom. The zero-order valence-corrected chi connectivity index (χ0v) is 29.1. The molecular weight excluding hydrogens is 679 g/mol. The average Bonchev–Trinajstić information content (AvgIpc) is 3.79. The molecule has 0 unspecified atom stereocenters. The van der Waals surface area contributed by atoms with Gasteiger partial charge < -0.3 is 9.32 Å². The Kier molecular flexibility index (Phi) is 7.90. The summed E-state index contributed by atoms with van der Waals surface area (Å²) in [6.07, 6.45) is 8.00. The van der Waals surface area contributed by atoms with Crippen molar-refractivity contribution in [2.24, 2.45) is 0 Å². The Labute approximate surface area is 289 Å². The van der Waals surface area contributed by atoms with Crippen molar-refractivity contribution in [2.45, 2.75) is 13.8 Å². The first-order valence-corrected chi connectivity index (χ1v) is 18.0. The summed E-state index contributed by atoms with van der Waals surface area (Å²) < 4.78 is 12.4. The lowest BCUT2D eigenvalue weighted by atomic mass is 10.1. The summed E-state index contributed by atoms with van der Waals surface area (Å²) in [5.74, 6) is 0. The molecule has 9 aromatic rings. The molecular formula is C42H30BrNOS2. The van der Waals surface area contributed by atoms with E-state index >= 15 is 0 Å². The maximum atomic E-state index is 6.20. The van der Waals surface area contributed by atoms with Gasteiger partial charge in [0.2, 0.25) is 0 Å². The van der Waals surface area contributed by atoms with Gasteiger partial charge in [0.05, 0.1) is 10.4 Å². The second kappa shape index (κ2) is 12.5. The number of hydrogen-bond donors (Lipinski definition) is 0. The minimum atomic E-state index is 0.899. The van der Waals surface area contributed by atoms with Gasteiger partial charge in [0, 0.05) is 62.3 Å². The van der Waals surface area contributed by atoms with Crippen molar-refractivity contribution < 1.29 is 4.42 Å². The maximum absolute atomic E-state index is 6.20. The van der Waals surface area contributed by atoms with Crippen LogP contribution >= 0.6 is 38.6 Å². The molecule has 9 rings (SSSR count). The van der Waals surface area contributed by atoms with Crippen LogP contribution in [0.1, 0.15) is 13.8 Å². The lowest BCUT2D eigenvalue weighted by Gasteiger charge is -2.26. The highest BCUT2D eigenvalue weighted by molar-refractivity contribution is 9.10. The van der Waals surface area contributed by atoms with E-state index in [9.17, 15) is 0 Å². The van der Waals surface area contributed by atoms with Crippen molar-refractivity contribution in [3.8, 4) is 0 Å². The van der Waals surface area contributed by atoms with Crippen molar-refractivity contribution >= 4 is 118 Å². The van der Waals surface area contributed by atoms with Crippen LogP contribution in [0, 0.1) is 0 Å². The normalized spacial score (nSPS) is 12.0. The van der Waals surface area contributed by atoms with E-state index in [2.05, 4.69) is 130 Å². The minimum absolute atomic E-state index is 0.899. The minimum Gasteiger partial charge on any atom is -0.456 e. The average molecular weight is 709 g/mol. The Morgan fingerprint density at radius 2 is 1.11 bits per heavy atom. The van der Waals surface area contributed by atoms with E-state index in [0.717, 1.165) is 43.5 Å². The van der Waals surface area contributed by atoms with Crippen LogP contribution in [0.25, 0.3) is 62.3 Å². The Hall–Kier alpha value is -4.68. The van der Waals surface area contributed by atoms with Crippen molar-refractivity contribution in [1.82, 2.24) is 0 Å². The fourth-order valence-corrected chi connectivity index (χ4v) is 9.02. The number of halogens is 1. The number of thiophene rings is 2. The van der Waals surface area contributed by atoms with Crippen LogP contribution in [0.2, 0.25) is 0 Å². The highest BCUT2D eigenvalue weighted by Crippen LogP contribution is 2.48. The monoisotopic (exact) mass is 707 g/mol. The Morgan fingerprint density at radius 3 is 1.85 bits per heavy atom. The molecule has 0 bridgehead atoms. The summed E-state index contributed by atoms with van der Waals surface area (Å²) in [4.78, 5) is 2.41. The van der Waals surface area contributed by atoms with Crippen LogP contribution in [-0.4, -0.2) is 0 Å². The Bertz CT molecular complexity index is 2510. The molecule has 0 atom stereocenters. The highest BCUT2D eigenvalue weighted by Gasteiger charge is 2.21. The van der Waals surface area contributed by atoms with Crippen molar-refractivity contribution in [1.29, 1.82) is 0 Å². The molecule has 0 aliphatic rings. The molecule has 3 heterocycles. The quantitative estimate of drug-likeness (QED) is 0.169. The van der Waals surface area contributed by atoms with Crippen LogP contribution in [-0.2, 0) is 0 Å². The number of furan rings is 1. The van der Waals surface area contributed by atoms with Gasteiger partial charge in [-0.05, 0) is 80.6 Å². The third kappa shape index (κ3) is 5.35. The number of para-hydroxylation sites is 1. The van der Waals surface area contributed by atoms with Crippen molar-refractivity contribution in [3.63, 3.8) is 0 Å². The molecule has 5 heteroatoms. The van der Waals surface area contributed by atoms with Gasteiger partial charge in [-0.15, -0.1) is 22.7 Å². The molecule has 0 aliphatic heterocycles. The summed E-state index contributed by atoms with van der Waals surface area (Å²) in [6, 6.07) is 43.6. The molecule has 0 amide bonds. The number of allylic oxidation sites excluding steroid dienone is 4. The fourth-order valence-electron chi connectivity index (χ4n) is 6.30. The molecule has 47 heavy (non-hydrogen) atoms. The van der Waals surface area contributed by atoms with E-state index < -0.39 is 0 Å². The lowest BCUT2D eigenvalue weighted by Crippen LogP contribution is -2.10. The van der Waals surface area contributed by atoms with Gasteiger partial charge in [0.1, 0.15) is 11.2 Å². The number of anilines is 3. The first-order valence-electron chi connectivity index (χ1n) is 15.6. The van der Waals surface area contributed by atoms with Crippen molar-refractivity contribution in [2.75, 3.05) is 4.90 Å². The molecule has 6 aromatic carbocycles. The molecule has 0 N–H and O–H groups in total. The molecule has 0 radical (unpaired) electrons. The van der Waals surface area contributed by atoms with Crippen LogP contribution in [0.3, 0.4) is 0 Å². The predicted octanol–water partition coefficient (Wildman–Crippen LogP) is 14.7. The first-order chi connectivity index (χ1) is 23.1. The second-order valence-corrected chi connectivity index (χ2v) is 14.4. The van der Waals surface area contributed by atoms with Crippen LogP contribution < -0.4 is 4.90 Å². The molecule has 0 saturated heterocycles. The van der Waals surface area contributed by atoms with E-state index in [-0.39, 0.29) is 0 Å². The first kappa shape index (κ1) is 29.7. The zero-order valence-electron chi connectivity index (χ0n) is 25.9. The molecule has 2 nitrogen and oxygen atoms in total. The number of nitrogens with zero attached hydrogens (tertiary/aromatic N) is 1. The zero-order chi connectivity index (χ0) is 31.9. The van der Waals surface area contributed by atoms with E-state index in [1.807, 2.05) is 73.0 Å². The van der Waals surface area contributed by atoms with Gasteiger partial charge in [-0.25, -0.2) is 0 Å². The van der Waals surface area contributed by atoms with E-state index in [4.69, 9.17) is 4.42 Å². The molecule has 3 aromatic heterocycles. The van der Waals surface area contributed by atoms with Gasteiger partial charge in [-0.1, -0.05) is 94.8 Å². The topological polar surface area (TPSA) is 16.4 Å². The van der Waals surface area contributed by atoms with Crippen LogP contribution in [0.5, 0.6) is 0 Å². The SMILES string of the molecule is Brc1cc(N(c2ccc3oc4ccccc4c3c2)c2ccc3sc4ccccc4c3c2)c2sc3ccccc3c2c1.C/C=C\C=C/C. The smallest absolute Gasteiger partial charge is 0.135 e. The molecule has 0 saturated carbocycles. The van der Waals surface area contributed by atoms with E-state index in [0.29, 0.717) is 0 Å². The summed E-state index contributed by atoms with van der Waals surface area (Å²) in [6.45, 7) is 4.00. The highest BCUT2D eigenvalue weighted by atomic mass is 79.9. The van der Waals surface area contributed by atoms with Crippen LogP contribution in [0.4, 0.5) is 17.1 Å². The number of fused-ring (bicyclic) bond motifs is 9. The van der Waals surface area contributed by atoms with Gasteiger partial charge in [-0.3, -0.25) is 0 Å². The van der Waals surface area contributed by atoms with Gasteiger partial charge in [-0.2, -0.15) is 0 Å². The number of rotatable bonds is 4. The second-order valence-electron chi connectivity index (χ2n) is 11.3. The summed E-state index contributed by atoms with van der Waals surface area (Å²) in [5, 5.41) is 7.37. The molecule has 228 valence electrons. The largest absolute Gasteiger partial charge is 0.456 e. The number of hydrogen-bond acceptors (Lipinski definition) is 4. The fraction of sp³-hybridized carbons (Fsp3) is 0.0476. The van der Waals surface area contributed by atoms with Gasteiger partial charge >= 0.3 is 0 Å². The molecule has 0 aliphatic carbocycles. The van der Waals surface area contributed by atoms with E-state index in [1.54, 1.807) is 0 Å². The standard InChI is InChI=1S/C36H20BrNOS2.C6H10/c37-21-17-29-26-9-3-6-12-34(26)41-36(29)30(18-21)38(22-13-15-32-27(19-22)24-7-1-4-10-31(24)39-32)23-14-16-35-28(20-23)25-8-2-5-11-33(25)40-35;1-3-5-6-4-2/h1-20H;3-6H,1-2H3/b;5-3-,6-4-. The summed E-state index contributed by atoms with van der Waals surface area (Å²) in [7, 11) is 0. The number of benzene rings is 6. The molecule has 0 fully saturated rings. The maximum Gasteiger partial charge on any atom is 0.135 e. The predicted molar refractivity (Wildman–Crippen MR) is 212 cm³/mol. The van der Waals surface area contributed by atoms with Crippen molar-refractivity contribution in [3.05, 3.63) is 150 Å².